The fourth-order valence-corrected chi connectivity index (χ4v) is 6.03. The van der Waals surface area contributed by atoms with Crippen LogP contribution < -0.4 is 0 Å². The van der Waals surface area contributed by atoms with E-state index in [1.807, 2.05) is 38.1 Å². The Morgan fingerprint density at radius 3 is 2.00 bits per heavy atom. The maximum Gasteiger partial charge on any atom is 0.410 e. The minimum atomic E-state index is -0.984. The number of ether oxygens (including phenoxy) is 1. The zero-order valence-electron chi connectivity index (χ0n) is 22.2. The Morgan fingerprint density at radius 2 is 1.41 bits per heavy atom. The monoisotopic (exact) mass is 548 g/mol. The van der Waals surface area contributed by atoms with Crippen molar-refractivity contribution in [1.82, 2.24) is 20.2 Å². The lowest BCUT2D eigenvalue weighted by Crippen LogP contribution is -2.41. The van der Waals surface area contributed by atoms with E-state index in [1.165, 1.54) is 17.0 Å². The van der Waals surface area contributed by atoms with Crippen molar-refractivity contribution in [1.29, 1.82) is 0 Å². The van der Waals surface area contributed by atoms with E-state index in [9.17, 15) is 19.2 Å². The van der Waals surface area contributed by atoms with E-state index in [2.05, 4.69) is 34.5 Å². The average Bonchev–Trinajstić information content (AvgIpc) is 3.68. The summed E-state index contributed by atoms with van der Waals surface area (Å²) in [7, 11) is 0. The van der Waals surface area contributed by atoms with E-state index < -0.39 is 29.4 Å². The molecule has 0 radical (unpaired) electrons. The Bertz CT molecular complexity index is 1710. The largest absolute Gasteiger partial charge is 0.448 e. The Hall–Kier alpha value is -5.25. The Morgan fingerprint density at radius 1 is 0.878 bits per heavy atom. The van der Waals surface area contributed by atoms with Crippen LogP contribution in [0, 0.1) is 0 Å². The van der Waals surface area contributed by atoms with E-state index >= 15 is 0 Å². The van der Waals surface area contributed by atoms with Crippen LogP contribution in [0.25, 0.3) is 11.1 Å². The van der Waals surface area contributed by atoms with Crippen LogP contribution in [-0.2, 0) is 21.7 Å². The second kappa shape index (κ2) is 8.88. The topological polar surface area (TPSA) is 122 Å². The van der Waals surface area contributed by atoms with Gasteiger partial charge in [0.15, 0.2) is 5.69 Å². The molecule has 0 atom stereocenters. The van der Waals surface area contributed by atoms with Crippen molar-refractivity contribution >= 4 is 23.9 Å². The van der Waals surface area contributed by atoms with Crippen LogP contribution in [0.3, 0.4) is 0 Å². The summed E-state index contributed by atoms with van der Waals surface area (Å²) in [6, 6.07) is 22.4. The molecular formula is C31H24N4O6. The van der Waals surface area contributed by atoms with Crippen molar-refractivity contribution in [2.75, 3.05) is 6.61 Å². The molecule has 0 spiro atoms. The first kappa shape index (κ1) is 24.8. The van der Waals surface area contributed by atoms with Crippen LogP contribution in [0.15, 0.2) is 72.8 Å². The highest BCUT2D eigenvalue weighted by molar-refractivity contribution is 6.21. The molecule has 41 heavy (non-hydrogen) atoms. The fourth-order valence-electron chi connectivity index (χ4n) is 6.03. The second-order valence-electron chi connectivity index (χ2n) is 10.7. The molecule has 2 aliphatic heterocycles. The number of hydrogen-bond acceptors (Lipinski definition) is 7. The minimum Gasteiger partial charge on any atom is -0.448 e. The Kier molecular flexibility index (Phi) is 5.37. The van der Waals surface area contributed by atoms with Crippen LogP contribution in [0.2, 0.25) is 0 Å². The van der Waals surface area contributed by atoms with Crippen LogP contribution in [0.5, 0.6) is 0 Å². The Balaban J connectivity index is 1.08. The van der Waals surface area contributed by atoms with E-state index in [0.29, 0.717) is 16.3 Å². The van der Waals surface area contributed by atoms with Crippen molar-refractivity contribution in [2.24, 2.45) is 0 Å². The predicted octanol–water partition coefficient (Wildman–Crippen LogP) is 4.78. The molecule has 0 saturated carbocycles. The number of fused-ring (bicyclic) bond motifs is 5. The molecule has 1 N–H and O–H groups in total. The number of imide groups is 1. The minimum absolute atomic E-state index is 0.0298. The van der Waals surface area contributed by atoms with Gasteiger partial charge in [-0.25, -0.2) is 9.59 Å². The van der Waals surface area contributed by atoms with E-state index in [0.717, 1.165) is 22.3 Å². The van der Waals surface area contributed by atoms with Gasteiger partial charge in [-0.05, 0) is 48.2 Å². The van der Waals surface area contributed by atoms with Crippen molar-refractivity contribution in [3.8, 4) is 11.1 Å². The highest BCUT2D eigenvalue weighted by Crippen LogP contribution is 2.45. The summed E-state index contributed by atoms with van der Waals surface area (Å²) >= 11 is 0. The molecule has 3 amide bonds. The molecule has 10 heteroatoms. The second-order valence-corrected chi connectivity index (χ2v) is 10.7. The van der Waals surface area contributed by atoms with Crippen LogP contribution >= 0.6 is 0 Å². The number of nitrogens with one attached hydrogen (secondary N) is 1. The van der Waals surface area contributed by atoms with E-state index in [-0.39, 0.29) is 35.9 Å². The number of aromatic nitrogens is 2. The lowest BCUT2D eigenvalue weighted by Gasteiger charge is -2.31. The fraction of sp³-hybridized carbons (Fsp3) is 0.194. The van der Waals surface area contributed by atoms with Gasteiger partial charge in [-0.1, -0.05) is 65.7 Å². The van der Waals surface area contributed by atoms with Crippen molar-refractivity contribution in [2.45, 2.75) is 31.8 Å². The van der Waals surface area contributed by atoms with Gasteiger partial charge in [0.1, 0.15) is 6.61 Å². The number of aromatic amines is 1. The van der Waals surface area contributed by atoms with Gasteiger partial charge in [0.05, 0.1) is 28.9 Å². The third-order valence-electron chi connectivity index (χ3n) is 8.15. The van der Waals surface area contributed by atoms with Gasteiger partial charge in [0.25, 0.3) is 11.8 Å². The summed E-state index contributed by atoms with van der Waals surface area (Å²) < 4.78 is 5.87. The molecule has 1 aliphatic carbocycles. The number of amides is 3. The van der Waals surface area contributed by atoms with Gasteiger partial charge in [0, 0.05) is 11.5 Å². The molecule has 3 heterocycles. The normalized spacial score (nSPS) is 16.3. The molecule has 0 bridgehead atoms. The standard InChI is InChI=1S/C31H24N4O6/c1-31(2)26-23(25(32-33-26)29(38)41-35-27(36)21-13-7-8-14-22(21)28(35)37)15-34(31)30(39)40-16-24-19-11-5-3-9-17(19)18-10-4-6-12-20(18)24/h3-14,24H,15-16H2,1-2H3,(H,32,33). The molecule has 0 saturated heterocycles. The maximum absolute atomic E-state index is 13.4. The number of hydrogen-bond donors (Lipinski definition) is 1. The third kappa shape index (κ3) is 3.60. The van der Waals surface area contributed by atoms with Crippen molar-refractivity contribution in [3.63, 3.8) is 0 Å². The van der Waals surface area contributed by atoms with Gasteiger partial charge < -0.3 is 9.57 Å². The molecule has 0 fully saturated rings. The van der Waals surface area contributed by atoms with Gasteiger partial charge >= 0.3 is 12.1 Å². The van der Waals surface area contributed by atoms with Crippen LogP contribution in [0.4, 0.5) is 4.79 Å². The molecule has 7 rings (SSSR count). The Labute approximate surface area is 234 Å². The third-order valence-corrected chi connectivity index (χ3v) is 8.15. The van der Waals surface area contributed by atoms with Crippen molar-refractivity contribution in [3.05, 3.63) is 112 Å². The van der Waals surface area contributed by atoms with E-state index in [1.54, 1.807) is 12.1 Å². The van der Waals surface area contributed by atoms with Crippen LogP contribution in [-0.4, -0.2) is 50.6 Å². The lowest BCUT2D eigenvalue weighted by molar-refractivity contribution is -0.0589. The van der Waals surface area contributed by atoms with Crippen molar-refractivity contribution < 1.29 is 28.8 Å². The first-order chi connectivity index (χ1) is 19.8. The first-order valence-corrected chi connectivity index (χ1v) is 13.2. The summed E-state index contributed by atoms with van der Waals surface area (Å²) in [5, 5.41) is 7.38. The smallest absolute Gasteiger partial charge is 0.410 e. The van der Waals surface area contributed by atoms with Gasteiger partial charge in [-0.2, -0.15) is 5.10 Å². The quantitative estimate of drug-likeness (QED) is 0.364. The van der Waals surface area contributed by atoms with Gasteiger partial charge in [-0.15, -0.1) is 0 Å². The average molecular weight is 549 g/mol. The summed E-state index contributed by atoms with van der Waals surface area (Å²) in [4.78, 5) is 58.6. The van der Waals surface area contributed by atoms with E-state index in [4.69, 9.17) is 9.57 Å². The number of nitrogens with zero attached hydrogens (tertiary/aromatic N) is 3. The molecule has 204 valence electrons. The highest BCUT2D eigenvalue weighted by Gasteiger charge is 2.47. The zero-order chi connectivity index (χ0) is 28.5. The number of rotatable bonds is 4. The summed E-state index contributed by atoms with van der Waals surface area (Å²) in [5.74, 6) is -2.54. The van der Waals surface area contributed by atoms with Gasteiger partial charge in [0.2, 0.25) is 0 Å². The summed E-state index contributed by atoms with van der Waals surface area (Å²) in [5.41, 5.74) is 4.77. The summed E-state index contributed by atoms with van der Waals surface area (Å²) in [6.07, 6.45) is -0.541. The molecule has 3 aromatic carbocycles. The number of carbonyl (C=O) groups is 4. The highest BCUT2D eigenvalue weighted by atomic mass is 16.7. The number of H-pyrrole nitrogens is 1. The number of benzene rings is 3. The lowest BCUT2D eigenvalue weighted by atomic mass is 9.98. The zero-order valence-corrected chi connectivity index (χ0v) is 22.2. The van der Waals surface area contributed by atoms with Gasteiger partial charge in [-0.3, -0.25) is 19.6 Å². The molecule has 1 aromatic heterocycles. The summed E-state index contributed by atoms with van der Waals surface area (Å²) in [6.45, 7) is 3.82. The molecular weight excluding hydrogens is 524 g/mol. The molecule has 0 unspecified atom stereocenters. The SMILES string of the molecule is CC1(C)c2[nH]nc(C(=O)ON3C(=O)c4ccccc4C3=O)c2CN1C(=O)OCC1c2ccccc2-c2ccccc21. The van der Waals surface area contributed by atoms with Crippen LogP contribution in [0.1, 0.15) is 73.4 Å². The molecule has 10 nitrogen and oxygen atoms in total. The number of carbonyl (C=O) groups excluding carboxylic acids is 4. The number of hydroxylamine groups is 2. The predicted molar refractivity (Wildman–Crippen MR) is 145 cm³/mol. The maximum atomic E-state index is 13.4. The molecule has 3 aliphatic rings. The first-order valence-electron chi connectivity index (χ1n) is 13.2. The molecule has 4 aromatic rings.